The molecule has 5 rings (SSSR count). The Labute approximate surface area is 179 Å². The van der Waals surface area contributed by atoms with Crippen molar-refractivity contribution in [3.05, 3.63) is 48.0 Å². The fourth-order valence-electron chi connectivity index (χ4n) is 5.22. The van der Waals surface area contributed by atoms with Gasteiger partial charge in [-0.15, -0.1) is 0 Å². The van der Waals surface area contributed by atoms with Crippen molar-refractivity contribution in [3.63, 3.8) is 0 Å². The highest BCUT2D eigenvalue weighted by molar-refractivity contribution is 7.99. The Morgan fingerprint density at radius 2 is 1.63 bits per heavy atom. The molecule has 2 atom stereocenters. The number of likely N-dealkylation sites (tertiary alicyclic amines) is 1. The molecular weight excluding hydrogens is 407 g/mol. The van der Waals surface area contributed by atoms with Crippen LogP contribution in [0.2, 0.25) is 0 Å². The molecule has 0 aromatic heterocycles. The second-order valence-electron chi connectivity index (χ2n) is 8.60. The van der Waals surface area contributed by atoms with E-state index >= 15 is 0 Å². The van der Waals surface area contributed by atoms with Crippen LogP contribution in [0.15, 0.2) is 52.3 Å². The lowest BCUT2D eigenvalue weighted by Crippen LogP contribution is -2.52. The van der Waals surface area contributed by atoms with Crippen LogP contribution in [0.5, 0.6) is 0 Å². The highest BCUT2D eigenvalue weighted by Crippen LogP contribution is 2.49. The summed E-state index contributed by atoms with van der Waals surface area (Å²) in [6.45, 7) is 3.97. The summed E-state index contributed by atoms with van der Waals surface area (Å²) >= 11 is 1.55. The Morgan fingerprint density at radius 1 is 0.933 bits per heavy atom. The highest BCUT2D eigenvalue weighted by atomic mass is 32.2. The van der Waals surface area contributed by atoms with Gasteiger partial charge in [0.15, 0.2) is 0 Å². The summed E-state index contributed by atoms with van der Waals surface area (Å²) in [5, 5.41) is 0. The van der Waals surface area contributed by atoms with E-state index in [0.29, 0.717) is 17.8 Å². The number of anilines is 2. The number of para-hydroxylation sites is 1. The monoisotopic (exact) mass is 433 g/mol. The molecule has 0 aliphatic carbocycles. The minimum absolute atomic E-state index is 0.580. The zero-order chi connectivity index (χ0) is 20.9. The van der Waals surface area contributed by atoms with Crippen LogP contribution in [0.3, 0.4) is 0 Å². The van der Waals surface area contributed by atoms with Crippen LogP contribution in [0, 0.1) is 0 Å². The molecule has 3 aliphatic heterocycles. The molecule has 2 aromatic carbocycles. The minimum Gasteiger partial charge on any atom is -0.340 e. The number of benzene rings is 2. The molecule has 0 amide bonds. The minimum atomic E-state index is -4.33. The van der Waals surface area contributed by atoms with E-state index in [1.807, 2.05) is 24.3 Å². The van der Waals surface area contributed by atoms with Gasteiger partial charge in [0, 0.05) is 48.1 Å². The van der Waals surface area contributed by atoms with Crippen LogP contribution in [0.25, 0.3) is 0 Å². The second-order valence-corrected chi connectivity index (χ2v) is 9.68. The number of likely N-dealkylation sites (N-methyl/N-ethyl adjacent to an activating group) is 1. The van der Waals surface area contributed by atoms with E-state index in [1.165, 1.54) is 25.0 Å². The van der Waals surface area contributed by atoms with Crippen molar-refractivity contribution in [2.24, 2.45) is 0 Å². The van der Waals surface area contributed by atoms with Gasteiger partial charge >= 0.3 is 6.18 Å². The van der Waals surface area contributed by atoms with Gasteiger partial charge in [0.1, 0.15) is 0 Å². The van der Waals surface area contributed by atoms with E-state index in [9.17, 15) is 13.2 Å². The van der Waals surface area contributed by atoms with Crippen molar-refractivity contribution in [3.8, 4) is 0 Å². The number of hydrogen-bond donors (Lipinski definition) is 0. The number of nitrogens with zero attached hydrogens (tertiary/aromatic N) is 3. The first-order valence-electron chi connectivity index (χ1n) is 10.6. The number of piperazine rings is 1. The predicted octanol–water partition coefficient (Wildman–Crippen LogP) is 5.48. The third kappa shape index (κ3) is 3.72. The van der Waals surface area contributed by atoms with Crippen LogP contribution in [-0.4, -0.2) is 55.1 Å². The van der Waals surface area contributed by atoms with Crippen molar-refractivity contribution in [1.82, 2.24) is 9.80 Å². The zero-order valence-electron chi connectivity index (χ0n) is 17.0. The summed E-state index contributed by atoms with van der Waals surface area (Å²) in [6, 6.07) is 13.4. The normalized spacial score (nSPS) is 24.1. The van der Waals surface area contributed by atoms with Crippen molar-refractivity contribution < 1.29 is 13.2 Å². The van der Waals surface area contributed by atoms with Gasteiger partial charge in [0.2, 0.25) is 0 Å². The van der Waals surface area contributed by atoms with Gasteiger partial charge < -0.3 is 9.80 Å². The van der Waals surface area contributed by atoms with Gasteiger partial charge in [-0.1, -0.05) is 23.9 Å². The number of alkyl halides is 3. The molecule has 2 aromatic rings. The molecule has 3 aliphatic rings. The molecular formula is C23H26F3N3S. The van der Waals surface area contributed by atoms with E-state index in [0.717, 1.165) is 48.1 Å². The van der Waals surface area contributed by atoms with Crippen molar-refractivity contribution >= 4 is 23.1 Å². The van der Waals surface area contributed by atoms with E-state index < -0.39 is 11.7 Å². The molecule has 2 bridgehead atoms. The van der Waals surface area contributed by atoms with Gasteiger partial charge in [-0.3, -0.25) is 4.90 Å². The molecule has 2 unspecified atom stereocenters. The van der Waals surface area contributed by atoms with E-state index in [4.69, 9.17) is 0 Å². The van der Waals surface area contributed by atoms with Crippen LogP contribution < -0.4 is 4.90 Å². The van der Waals surface area contributed by atoms with Crippen LogP contribution in [0.4, 0.5) is 24.5 Å². The summed E-state index contributed by atoms with van der Waals surface area (Å²) < 4.78 is 40.1. The molecule has 0 spiro atoms. The Balaban J connectivity index is 1.38. The molecule has 3 heterocycles. The van der Waals surface area contributed by atoms with Crippen molar-refractivity contribution in [2.45, 2.75) is 47.3 Å². The maximum Gasteiger partial charge on any atom is 0.416 e. The van der Waals surface area contributed by atoms with E-state index in [2.05, 4.69) is 21.7 Å². The Kier molecular flexibility index (Phi) is 5.24. The van der Waals surface area contributed by atoms with Crippen LogP contribution in [0.1, 0.15) is 24.8 Å². The molecule has 2 saturated heterocycles. The average molecular weight is 434 g/mol. The maximum atomic E-state index is 13.4. The maximum absolute atomic E-state index is 13.4. The molecule has 0 radical (unpaired) electrons. The summed E-state index contributed by atoms with van der Waals surface area (Å²) in [5.74, 6) is 0. The standard InChI is InChI=1S/C23H26F3N3S/c1-27-14-17-8-9-18(15-27)28(17)11-4-12-29-19-5-2-3-6-21(19)30-22-10-7-16(13-20(22)29)23(24,25)26/h2-3,5-7,10,13,17-18H,4,8-9,11-12,14-15H2,1H3. The molecule has 30 heavy (non-hydrogen) atoms. The van der Waals surface area contributed by atoms with E-state index in [1.54, 1.807) is 17.8 Å². The van der Waals surface area contributed by atoms with Gasteiger partial charge in [0.25, 0.3) is 0 Å². The lowest BCUT2D eigenvalue weighted by molar-refractivity contribution is -0.137. The molecule has 7 heteroatoms. The van der Waals surface area contributed by atoms with Crippen LogP contribution >= 0.6 is 11.8 Å². The van der Waals surface area contributed by atoms with Crippen LogP contribution in [-0.2, 0) is 6.18 Å². The largest absolute Gasteiger partial charge is 0.416 e. The SMILES string of the molecule is CN1CC2CCC(C1)N2CCCN1c2ccccc2Sc2ccc(C(F)(F)F)cc21. The summed E-state index contributed by atoms with van der Waals surface area (Å²) in [6.07, 6.45) is -0.876. The first-order valence-corrected chi connectivity index (χ1v) is 11.4. The predicted molar refractivity (Wildman–Crippen MR) is 115 cm³/mol. The van der Waals surface area contributed by atoms with Crippen molar-refractivity contribution in [2.75, 3.05) is 38.1 Å². The van der Waals surface area contributed by atoms with E-state index in [-0.39, 0.29) is 0 Å². The third-order valence-corrected chi connectivity index (χ3v) is 7.70. The first kappa shape index (κ1) is 20.2. The third-order valence-electron chi connectivity index (χ3n) is 6.57. The second kappa shape index (κ2) is 7.77. The topological polar surface area (TPSA) is 9.72 Å². The summed E-state index contributed by atoms with van der Waals surface area (Å²) in [7, 11) is 2.19. The number of fused-ring (bicyclic) bond motifs is 4. The highest BCUT2D eigenvalue weighted by Gasteiger charge is 2.38. The Bertz CT molecular complexity index is 918. The van der Waals surface area contributed by atoms with Gasteiger partial charge in [-0.25, -0.2) is 0 Å². The van der Waals surface area contributed by atoms with Crippen molar-refractivity contribution in [1.29, 1.82) is 0 Å². The Morgan fingerprint density at radius 3 is 2.37 bits per heavy atom. The number of halogens is 3. The summed E-state index contributed by atoms with van der Waals surface area (Å²) in [4.78, 5) is 9.14. The quantitative estimate of drug-likeness (QED) is 0.632. The fraction of sp³-hybridized carbons (Fsp3) is 0.478. The smallest absolute Gasteiger partial charge is 0.340 e. The number of hydrogen-bond acceptors (Lipinski definition) is 4. The average Bonchev–Trinajstić information content (AvgIpc) is 2.95. The molecule has 160 valence electrons. The fourth-order valence-corrected chi connectivity index (χ4v) is 6.30. The molecule has 3 nitrogen and oxygen atoms in total. The zero-order valence-corrected chi connectivity index (χ0v) is 17.8. The Hall–Kier alpha value is -1.70. The first-order chi connectivity index (χ1) is 14.4. The number of rotatable bonds is 4. The lowest BCUT2D eigenvalue weighted by Gasteiger charge is -2.40. The van der Waals surface area contributed by atoms with Gasteiger partial charge in [-0.05, 0) is 56.6 Å². The van der Waals surface area contributed by atoms with Gasteiger partial charge in [0.05, 0.1) is 16.9 Å². The lowest BCUT2D eigenvalue weighted by atomic mass is 10.1. The summed E-state index contributed by atoms with van der Waals surface area (Å²) in [5.41, 5.74) is 1.11. The molecule has 0 N–H and O–H groups in total. The van der Waals surface area contributed by atoms with Gasteiger partial charge in [-0.2, -0.15) is 13.2 Å². The molecule has 0 saturated carbocycles. The molecule has 2 fully saturated rings.